The van der Waals surface area contributed by atoms with Gasteiger partial charge in [0.25, 0.3) is 0 Å². The molecule has 0 heterocycles. The second kappa shape index (κ2) is 8.22. The number of rotatable bonds is 7. The van der Waals surface area contributed by atoms with E-state index in [9.17, 15) is 13.2 Å². The van der Waals surface area contributed by atoms with E-state index in [4.69, 9.17) is 16.3 Å². The molecule has 0 atom stereocenters. The van der Waals surface area contributed by atoms with Crippen molar-refractivity contribution in [2.24, 2.45) is 0 Å². The third-order valence-corrected chi connectivity index (χ3v) is 4.82. The van der Waals surface area contributed by atoms with Crippen molar-refractivity contribution in [3.63, 3.8) is 0 Å². The van der Waals surface area contributed by atoms with Gasteiger partial charge in [-0.3, -0.25) is 9.10 Å². The van der Waals surface area contributed by atoms with E-state index >= 15 is 0 Å². The van der Waals surface area contributed by atoms with Gasteiger partial charge in [0, 0.05) is 11.6 Å². The van der Waals surface area contributed by atoms with Crippen molar-refractivity contribution >= 4 is 33.2 Å². The van der Waals surface area contributed by atoms with Crippen molar-refractivity contribution in [2.75, 3.05) is 24.2 Å². The number of nitrogens with zero attached hydrogens (tertiary/aromatic N) is 1. The maximum Gasteiger partial charge on any atom is 0.241 e. The van der Waals surface area contributed by atoms with Gasteiger partial charge < -0.3 is 10.1 Å². The van der Waals surface area contributed by atoms with Crippen LogP contribution < -0.4 is 14.4 Å². The number of hydrogen-bond acceptors (Lipinski definition) is 4. The second-order valence-corrected chi connectivity index (χ2v) is 7.69. The average Bonchev–Trinajstić information content (AvgIpc) is 2.58. The van der Waals surface area contributed by atoms with Crippen LogP contribution in [0.5, 0.6) is 5.75 Å². The molecule has 8 heteroatoms. The first-order chi connectivity index (χ1) is 11.8. The van der Waals surface area contributed by atoms with E-state index in [2.05, 4.69) is 5.32 Å². The molecule has 2 aromatic rings. The van der Waals surface area contributed by atoms with Gasteiger partial charge in [0.1, 0.15) is 12.3 Å². The molecule has 1 N–H and O–H groups in total. The number of anilines is 1. The Kier molecular flexibility index (Phi) is 6.27. The molecular weight excluding hydrogens is 364 g/mol. The fourth-order valence-corrected chi connectivity index (χ4v) is 3.19. The Morgan fingerprint density at radius 1 is 1.16 bits per heavy atom. The predicted molar refractivity (Wildman–Crippen MR) is 98.5 cm³/mol. The molecular formula is C17H19ClN2O4S. The molecule has 0 radical (unpaired) electrons. The molecule has 2 rings (SSSR count). The zero-order chi connectivity index (χ0) is 18.4. The zero-order valence-corrected chi connectivity index (χ0v) is 15.5. The third-order valence-electron chi connectivity index (χ3n) is 3.44. The number of ether oxygens (including phenoxy) is 1. The number of para-hydroxylation sites is 2. The van der Waals surface area contributed by atoms with Crippen LogP contribution in [0.1, 0.15) is 5.56 Å². The van der Waals surface area contributed by atoms with Crippen LogP contribution in [0.2, 0.25) is 5.02 Å². The fraction of sp³-hybridized carbons (Fsp3) is 0.235. The highest BCUT2D eigenvalue weighted by Crippen LogP contribution is 2.29. The molecule has 134 valence electrons. The van der Waals surface area contributed by atoms with Crippen LogP contribution in [-0.2, 0) is 21.4 Å². The number of amides is 1. The highest BCUT2D eigenvalue weighted by Gasteiger charge is 2.23. The fourth-order valence-electron chi connectivity index (χ4n) is 2.21. The largest absolute Gasteiger partial charge is 0.495 e. The maximum absolute atomic E-state index is 12.2. The zero-order valence-electron chi connectivity index (χ0n) is 13.9. The van der Waals surface area contributed by atoms with Crippen molar-refractivity contribution in [3.8, 4) is 5.75 Å². The van der Waals surface area contributed by atoms with Gasteiger partial charge in [0.2, 0.25) is 15.9 Å². The van der Waals surface area contributed by atoms with Gasteiger partial charge in [0.15, 0.2) is 0 Å². The number of benzene rings is 2. The van der Waals surface area contributed by atoms with Crippen molar-refractivity contribution in [1.29, 1.82) is 0 Å². The number of sulfonamides is 1. The SMILES string of the molecule is COc1ccccc1N(CC(=O)NCc1ccc(Cl)cc1)S(C)(=O)=O. The van der Waals surface area contributed by atoms with Gasteiger partial charge in [-0.2, -0.15) is 0 Å². The van der Waals surface area contributed by atoms with Crippen LogP contribution in [0.25, 0.3) is 0 Å². The van der Waals surface area contributed by atoms with E-state index in [1.54, 1.807) is 48.5 Å². The number of carbonyl (C=O) groups is 1. The van der Waals surface area contributed by atoms with Crippen molar-refractivity contribution in [2.45, 2.75) is 6.54 Å². The monoisotopic (exact) mass is 382 g/mol. The van der Waals surface area contributed by atoms with Crippen LogP contribution in [-0.4, -0.2) is 34.2 Å². The Hall–Kier alpha value is -2.25. The van der Waals surface area contributed by atoms with Gasteiger partial charge in [-0.15, -0.1) is 0 Å². The quantitative estimate of drug-likeness (QED) is 0.798. The van der Waals surface area contributed by atoms with Crippen LogP contribution in [0.15, 0.2) is 48.5 Å². The molecule has 2 aromatic carbocycles. The van der Waals surface area contributed by atoms with E-state index in [1.807, 2.05) is 0 Å². The lowest BCUT2D eigenvalue weighted by molar-refractivity contribution is -0.119. The van der Waals surface area contributed by atoms with Gasteiger partial charge in [-0.25, -0.2) is 8.42 Å². The molecule has 0 aliphatic carbocycles. The Labute approximate surface area is 152 Å². The Bertz CT molecular complexity index is 838. The van der Waals surface area contributed by atoms with Crippen LogP contribution in [0.4, 0.5) is 5.69 Å². The van der Waals surface area contributed by atoms with Crippen molar-refractivity contribution in [3.05, 3.63) is 59.1 Å². The molecule has 0 saturated heterocycles. The Morgan fingerprint density at radius 3 is 2.40 bits per heavy atom. The first-order valence-electron chi connectivity index (χ1n) is 7.43. The first-order valence-corrected chi connectivity index (χ1v) is 9.66. The molecule has 0 fully saturated rings. The molecule has 0 aliphatic heterocycles. The summed E-state index contributed by atoms with van der Waals surface area (Å²) in [6.45, 7) is -0.0632. The number of methoxy groups -OCH3 is 1. The molecule has 0 bridgehead atoms. The van der Waals surface area contributed by atoms with Gasteiger partial charge in [0.05, 0.1) is 19.1 Å². The second-order valence-electron chi connectivity index (χ2n) is 5.34. The number of nitrogens with one attached hydrogen (secondary N) is 1. The maximum atomic E-state index is 12.2. The summed E-state index contributed by atoms with van der Waals surface area (Å²) in [6.07, 6.45) is 1.05. The van der Waals surface area contributed by atoms with E-state index in [0.717, 1.165) is 16.1 Å². The summed E-state index contributed by atoms with van der Waals surface area (Å²) in [5.74, 6) is -0.0512. The van der Waals surface area contributed by atoms with Crippen LogP contribution in [0, 0.1) is 0 Å². The molecule has 6 nitrogen and oxygen atoms in total. The van der Waals surface area contributed by atoms with Crippen LogP contribution >= 0.6 is 11.6 Å². The van der Waals surface area contributed by atoms with Gasteiger partial charge >= 0.3 is 0 Å². The molecule has 25 heavy (non-hydrogen) atoms. The summed E-state index contributed by atoms with van der Waals surface area (Å²) in [5.41, 5.74) is 1.18. The van der Waals surface area contributed by atoms with E-state index in [1.165, 1.54) is 7.11 Å². The third kappa shape index (κ3) is 5.37. The molecule has 0 aliphatic rings. The lowest BCUT2D eigenvalue weighted by atomic mass is 10.2. The molecule has 0 unspecified atom stereocenters. The lowest BCUT2D eigenvalue weighted by Gasteiger charge is -2.23. The van der Waals surface area contributed by atoms with E-state index in [0.29, 0.717) is 16.5 Å². The number of halogens is 1. The molecule has 1 amide bonds. The highest BCUT2D eigenvalue weighted by atomic mass is 35.5. The first kappa shape index (κ1) is 19.1. The smallest absolute Gasteiger partial charge is 0.241 e. The predicted octanol–water partition coefficient (Wildman–Crippen LogP) is 2.43. The summed E-state index contributed by atoms with van der Waals surface area (Å²) < 4.78 is 30.5. The number of hydrogen-bond donors (Lipinski definition) is 1. The summed E-state index contributed by atoms with van der Waals surface area (Å²) in [5, 5.41) is 3.31. The normalized spacial score (nSPS) is 11.0. The minimum Gasteiger partial charge on any atom is -0.495 e. The lowest BCUT2D eigenvalue weighted by Crippen LogP contribution is -2.40. The highest BCUT2D eigenvalue weighted by molar-refractivity contribution is 7.92. The minimum absolute atomic E-state index is 0.277. The standard InChI is InChI=1S/C17H19ClN2O4S/c1-24-16-6-4-3-5-15(16)20(25(2,22)23)12-17(21)19-11-13-7-9-14(18)10-8-13/h3-10H,11-12H2,1-2H3,(H,19,21). The number of carbonyl (C=O) groups excluding carboxylic acids is 1. The minimum atomic E-state index is -3.66. The molecule has 0 saturated carbocycles. The Morgan fingerprint density at radius 2 is 1.80 bits per heavy atom. The molecule has 0 spiro atoms. The Balaban J connectivity index is 2.12. The van der Waals surface area contributed by atoms with Gasteiger partial charge in [-0.05, 0) is 29.8 Å². The summed E-state index contributed by atoms with van der Waals surface area (Å²) in [6, 6.07) is 13.7. The average molecular weight is 383 g/mol. The van der Waals surface area contributed by atoms with E-state index < -0.39 is 15.9 Å². The van der Waals surface area contributed by atoms with Crippen molar-refractivity contribution < 1.29 is 17.9 Å². The van der Waals surface area contributed by atoms with E-state index in [-0.39, 0.29) is 13.1 Å². The van der Waals surface area contributed by atoms with Crippen LogP contribution in [0.3, 0.4) is 0 Å². The van der Waals surface area contributed by atoms with Crippen molar-refractivity contribution in [1.82, 2.24) is 5.32 Å². The summed E-state index contributed by atoms with van der Waals surface area (Å²) in [4.78, 5) is 12.2. The summed E-state index contributed by atoms with van der Waals surface area (Å²) in [7, 11) is -2.21. The van der Waals surface area contributed by atoms with Gasteiger partial charge in [-0.1, -0.05) is 35.9 Å². The molecule has 0 aromatic heterocycles. The topological polar surface area (TPSA) is 75.7 Å². The summed E-state index contributed by atoms with van der Waals surface area (Å²) >= 11 is 5.82.